The van der Waals surface area contributed by atoms with Gasteiger partial charge in [0, 0.05) is 11.1 Å². The van der Waals surface area contributed by atoms with Crippen molar-refractivity contribution in [3.8, 4) is 22.0 Å². The van der Waals surface area contributed by atoms with E-state index in [1.165, 1.54) is 17.4 Å². The van der Waals surface area contributed by atoms with Crippen molar-refractivity contribution in [2.24, 2.45) is 0 Å². The summed E-state index contributed by atoms with van der Waals surface area (Å²) >= 11 is 1.20. The molecule has 4 aromatic rings. The van der Waals surface area contributed by atoms with Gasteiger partial charge in [-0.3, -0.25) is 0 Å². The average Bonchev–Trinajstić information content (AvgIpc) is 3.14. The smallest absolute Gasteiger partial charge is 0.182 e. The van der Waals surface area contributed by atoms with Crippen LogP contribution in [0.25, 0.3) is 26.9 Å². The molecule has 2 aromatic carbocycles. The zero-order valence-electron chi connectivity index (χ0n) is 12.9. The first-order valence-electron chi connectivity index (χ1n) is 7.39. The standard InChI is InChI=1S/C17H11F3N4S/c1-10-4-2-5-11(8-10)14-21-22-16-24(14)23-15(25-16)12-6-3-7-13(9-12)17(18,19)20/h2-9H,1H3. The number of nitrogens with zero attached hydrogens (tertiary/aromatic N) is 4. The maximum atomic E-state index is 12.9. The highest BCUT2D eigenvalue weighted by Crippen LogP contribution is 2.34. The molecule has 2 heterocycles. The van der Waals surface area contributed by atoms with E-state index in [2.05, 4.69) is 15.3 Å². The SMILES string of the molecule is Cc1cccc(-c2nnc3sc(-c4cccc(C(F)(F)F)c4)nn23)c1. The van der Waals surface area contributed by atoms with Crippen LogP contribution in [0.2, 0.25) is 0 Å². The van der Waals surface area contributed by atoms with Crippen LogP contribution in [0.5, 0.6) is 0 Å². The minimum Gasteiger partial charge on any atom is -0.182 e. The average molecular weight is 360 g/mol. The summed E-state index contributed by atoms with van der Waals surface area (Å²) < 4.78 is 40.3. The Bertz CT molecular complexity index is 1070. The number of benzene rings is 2. The van der Waals surface area contributed by atoms with Crippen molar-refractivity contribution in [2.45, 2.75) is 13.1 Å². The molecule has 0 aliphatic heterocycles. The van der Waals surface area contributed by atoms with Crippen LogP contribution in [0.4, 0.5) is 13.2 Å². The van der Waals surface area contributed by atoms with E-state index in [0.717, 1.165) is 23.3 Å². The molecule has 4 nitrogen and oxygen atoms in total. The Morgan fingerprint density at radius 1 is 0.960 bits per heavy atom. The number of alkyl halides is 3. The molecule has 126 valence electrons. The van der Waals surface area contributed by atoms with Crippen LogP contribution in [0.15, 0.2) is 48.5 Å². The van der Waals surface area contributed by atoms with E-state index >= 15 is 0 Å². The molecule has 0 N–H and O–H groups in total. The molecule has 25 heavy (non-hydrogen) atoms. The lowest BCUT2D eigenvalue weighted by Gasteiger charge is -2.06. The van der Waals surface area contributed by atoms with Gasteiger partial charge in [-0.2, -0.15) is 22.8 Å². The first-order valence-corrected chi connectivity index (χ1v) is 8.20. The normalized spacial score (nSPS) is 12.0. The second kappa shape index (κ2) is 5.66. The molecular formula is C17H11F3N4S. The van der Waals surface area contributed by atoms with Gasteiger partial charge in [-0.1, -0.05) is 47.2 Å². The van der Waals surface area contributed by atoms with Crippen LogP contribution >= 0.6 is 11.3 Å². The molecule has 0 saturated heterocycles. The van der Waals surface area contributed by atoms with Crippen LogP contribution in [-0.2, 0) is 6.18 Å². The number of hydrogen-bond donors (Lipinski definition) is 0. The summed E-state index contributed by atoms with van der Waals surface area (Å²) in [7, 11) is 0. The molecule has 0 fully saturated rings. The summed E-state index contributed by atoms with van der Waals surface area (Å²) in [4.78, 5) is 0.531. The fourth-order valence-corrected chi connectivity index (χ4v) is 3.36. The second-order valence-corrected chi connectivity index (χ2v) is 6.53. The number of halogens is 3. The summed E-state index contributed by atoms with van der Waals surface area (Å²) in [5.41, 5.74) is 1.63. The molecule has 0 aliphatic carbocycles. The minimum atomic E-state index is -4.39. The Labute approximate surface area is 144 Å². The molecule has 0 spiro atoms. The van der Waals surface area contributed by atoms with Gasteiger partial charge >= 0.3 is 6.18 Å². The van der Waals surface area contributed by atoms with Crippen LogP contribution in [0, 0.1) is 6.92 Å². The molecule has 0 radical (unpaired) electrons. The van der Waals surface area contributed by atoms with Gasteiger partial charge in [0.05, 0.1) is 5.56 Å². The maximum absolute atomic E-state index is 12.9. The molecule has 4 rings (SSSR count). The Morgan fingerprint density at radius 2 is 1.72 bits per heavy atom. The summed E-state index contributed by atoms with van der Waals surface area (Å²) in [5, 5.41) is 13.1. The van der Waals surface area contributed by atoms with Crippen molar-refractivity contribution in [1.29, 1.82) is 0 Å². The van der Waals surface area contributed by atoms with E-state index in [-0.39, 0.29) is 0 Å². The zero-order valence-corrected chi connectivity index (χ0v) is 13.8. The predicted molar refractivity (Wildman–Crippen MR) is 89.3 cm³/mol. The van der Waals surface area contributed by atoms with E-state index in [1.807, 2.05) is 31.2 Å². The van der Waals surface area contributed by atoms with Crippen molar-refractivity contribution in [3.05, 3.63) is 59.7 Å². The van der Waals surface area contributed by atoms with Crippen LogP contribution < -0.4 is 0 Å². The van der Waals surface area contributed by atoms with Gasteiger partial charge in [-0.25, -0.2) is 0 Å². The lowest BCUT2D eigenvalue weighted by Crippen LogP contribution is -2.04. The first kappa shape index (κ1) is 15.8. The topological polar surface area (TPSA) is 43.1 Å². The third kappa shape index (κ3) is 2.89. The zero-order chi connectivity index (χ0) is 17.6. The largest absolute Gasteiger partial charge is 0.416 e. The van der Waals surface area contributed by atoms with Crippen molar-refractivity contribution in [2.75, 3.05) is 0 Å². The summed E-state index contributed by atoms with van der Waals surface area (Å²) in [5.74, 6) is 0.563. The molecular weight excluding hydrogens is 349 g/mol. The van der Waals surface area contributed by atoms with Gasteiger partial charge in [0.25, 0.3) is 0 Å². The predicted octanol–water partition coefficient (Wildman–Crippen LogP) is 4.85. The fraction of sp³-hybridized carbons (Fsp3) is 0.118. The molecule has 2 aromatic heterocycles. The fourth-order valence-electron chi connectivity index (χ4n) is 2.53. The molecule has 0 aliphatic rings. The molecule has 0 amide bonds. The quantitative estimate of drug-likeness (QED) is 0.513. The third-order valence-corrected chi connectivity index (χ3v) is 4.65. The Kier molecular flexibility index (Phi) is 3.57. The highest BCUT2D eigenvalue weighted by molar-refractivity contribution is 7.19. The van der Waals surface area contributed by atoms with E-state index in [0.29, 0.717) is 21.4 Å². The van der Waals surface area contributed by atoms with Crippen molar-refractivity contribution in [1.82, 2.24) is 19.8 Å². The number of fused-ring (bicyclic) bond motifs is 1. The number of aromatic nitrogens is 4. The van der Waals surface area contributed by atoms with Gasteiger partial charge in [-0.05, 0) is 25.1 Å². The highest BCUT2D eigenvalue weighted by Gasteiger charge is 2.30. The van der Waals surface area contributed by atoms with Crippen LogP contribution in [0.3, 0.4) is 0 Å². The molecule has 0 bridgehead atoms. The summed E-state index contributed by atoms with van der Waals surface area (Å²) in [6, 6.07) is 12.9. The lowest BCUT2D eigenvalue weighted by atomic mass is 10.1. The van der Waals surface area contributed by atoms with Gasteiger partial charge < -0.3 is 0 Å². The maximum Gasteiger partial charge on any atom is 0.416 e. The Balaban J connectivity index is 1.81. The van der Waals surface area contributed by atoms with Crippen LogP contribution in [-0.4, -0.2) is 19.8 Å². The number of aryl methyl sites for hydroxylation is 1. The summed E-state index contributed by atoms with van der Waals surface area (Å²) in [6.45, 7) is 1.97. The minimum absolute atomic E-state index is 0.403. The molecule has 8 heteroatoms. The van der Waals surface area contributed by atoms with E-state index in [1.54, 1.807) is 10.6 Å². The van der Waals surface area contributed by atoms with Crippen molar-refractivity contribution < 1.29 is 13.2 Å². The van der Waals surface area contributed by atoms with Gasteiger partial charge in [-0.15, -0.1) is 10.2 Å². The van der Waals surface area contributed by atoms with Crippen LogP contribution in [0.1, 0.15) is 11.1 Å². The molecule has 0 atom stereocenters. The lowest BCUT2D eigenvalue weighted by molar-refractivity contribution is -0.137. The monoisotopic (exact) mass is 360 g/mol. The Hall–Kier alpha value is -2.74. The molecule has 0 unspecified atom stereocenters. The van der Waals surface area contributed by atoms with E-state index in [9.17, 15) is 13.2 Å². The Morgan fingerprint density at radius 3 is 2.48 bits per heavy atom. The number of hydrogen-bond acceptors (Lipinski definition) is 4. The van der Waals surface area contributed by atoms with Crippen molar-refractivity contribution >= 4 is 16.3 Å². The molecule has 0 saturated carbocycles. The summed E-state index contributed by atoms with van der Waals surface area (Å²) in [6.07, 6.45) is -4.39. The van der Waals surface area contributed by atoms with Crippen molar-refractivity contribution in [3.63, 3.8) is 0 Å². The van der Waals surface area contributed by atoms with Gasteiger partial charge in [0.1, 0.15) is 5.01 Å². The van der Waals surface area contributed by atoms with E-state index in [4.69, 9.17) is 0 Å². The number of rotatable bonds is 2. The highest BCUT2D eigenvalue weighted by atomic mass is 32.1. The third-order valence-electron chi connectivity index (χ3n) is 3.70. The second-order valence-electron chi connectivity index (χ2n) is 5.57. The van der Waals surface area contributed by atoms with E-state index < -0.39 is 11.7 Å². The first-order chi connectivity index (χ1) is 11.9. The van der Waals surface area contributed by atoms with Gasteiger partial charge in [0.15, 0.2) is 5.82 Å². The van der Waals surface area contributed by atoms with Gasteiger partial charge in [0.2, 0.25) is 4.96 Å².